The number of alkyl halides is 1. The van der Waals surface area contributed by atoms with E-state index in [-0.39, 0.29) is 17.9 Å². The van der Waals surface area contributed by atoms with E-state index in [1.54, 1.807) is 0 Å². The fourth-order valence-corrected chi connectivity index (χ4v) is 3.28. The number of halogens is 1. The molecule has 1 saturated heterocycles. The number of carbonyl (C=O) groups is 1. The molecule has 0 bridgehead atoms. The molecule has 0 radical (unpaired) electrons. The van der Waals surface area contributed by atoms with Gasteiger partial charge in [-0.3, -0.25) is 4.79 Å². The van der Waals surface area contributed by atoms with Crippen molar-refractivity contribution in [2.75, 3.05) is 25.0 Å². The summed E-state index contributed by atoms with van der Waals surface area (Å²) in [6, 6.07) is 0. The summed E-state index contributed by atoms with van der Waals surface area (Å²) in [6.07, 6.45) is 2.09. The van der Waals surface area contributed by atoms with Crippen molar-refractivity contribution in [2.45, 2.75) is 38.7 Å². The zero-order chi connectivity index (χ0) is 14.5. The number of piperidine rings is 1. The van der Waals surface area contributed by atoms with Crippen LogP contribution < -0.4 is 0 Å². The molecule has 0 N–H and O–H groups in total. The van der Waals surface area contributed by atoms with Crippen LogP contribution in [0.4, 0.5) is 0 Å². The first-order valence-corrected chi connectivity index (χ1v) is 8.82. The van der Waals surface area contributed by atoms with Gasteiger partial charge in [-0.15, -0.1) is 5.10 Å². The third-order valence-electron chi connectivity index (χ3n) is 3.41. The van der Waals surface area contributed by atoms with Crippen LogP contribution in [-0.2, 0) is 4.74 Å². The standard InChI is InChI=1S/C13H20BrN3O2S/c1-9(2)11-12(20-16-15-11)13(18)17-6-3-10(4-7-17)19-8-5-14/h9-10H,3-8H2,1-2H3. The SMILES string of the molecule is CC(C)c1nnsc1C(=O)N1CCC(OCCBr)CC1. The number of amides is 1. The highest BCUT2D eigenvalue weighted by Crippen LogP contribution is 2.23. The predicted octanol–water partition coefficient (Wildman–Crippen LogP) is 2.68. The molecule has 1 aromatic heterocycles. The van der Waals surface area contributed by atoms with Crippen molar-refractivity contribution in [3.63, 3.8) is 0 Å². The number of carbonyl (C=O) groups excluding carboxylic acids is 1. The molecule has 7 heteroatoms. The van der Waals surface area contributed by atoms with Crippen LogP contribution in [0.3, 0.4) is 0 Å². The van der Waals surface area contributed by atoms with Gasteiger partial charge in [0.15, 0.2) is 0 Å². The highest BCUT2D eigenvalue weighted by molar-refractivity contribution is 9.09. The molecule has 1 aromatic rings. The Morgan fingerprint density at radius 1 is 1.50 bits per heavy atom. The molecule has 0 saturated carbocycles. The highest BCUT2D eigenvalue weighted by Gasteiger charge is 2.27. The molecule has 1 aliphatic heterocycles. The van der Waals surface area contributed by atoms with Crippen molar-refractivity contribution >= 4 is 33.4 Å². The van der Waals surface area contributed by atoms with E-state index >= 15 is 0 Å². The number of nitrogens with zero attached hydrogens (tertiary/aromatic N) is 3. The first-order chi connectivity index (χ1) is 9.63. The fourth-order valence-electron chi connectivity index (χ4n) is 2.30. The molecule has 5 nitrogen and oxygen atoms in total. The van der Waals surface area contributed by atoms with E-state index in [4.69, 9.17) is 4.74 Å². The van der Waals surface area contributed by atoms with E-state index in [1.807, 2.05) is 18.7 Å². The highest BCUT2D eigenvalue weighted by atomic mass is 79.9. The van der Waals surface area contributed by atoms with Gasteiger partial charge >= 0.3 is 0 Å². The molecule has 112 valence electrons. The Bertz CT molecular complexity index is 445. The first-order valence-electron chi connectivity index (χ1n) is 6.92. The normalized spacial score (nSPS) is 16.9. The van der Waals surface area contributed by atoms with E-state index in [0.29, 0.717) is 4.88 Å². The summed E-state index contributed by atoms with van der Waals surface area (Å²) >= 11 is 4.56. The van der Waals surface area contributed by atoms with Gasteiger partial charge in [0.1, 0.15) is 4.88 Å². The Labute approximate surface area is 132 Å². The van der Waals surface area contributed by atoms with Gasteiger partial charge in [0, 0.05) is 18.4 Å². The first kappa shape index (κ1) is 15.9. The maximum Gasteiger partial charge on any atom is 0.267 e. The van der Waals surface area contributed by atoms with Crippen LogP contribution in [-0.4, -0.2) is 51.5 Å². The van der Waals surface area contributed by atoms with Crippen molar-refractivity contribution in [1.29, 1.82) is 0 Å². The molecular formula is C13H20BrN3O2S. The Balaban J connectivity index is 1.93. The van der Waals surface area contributed by atoms with Gasteiger partial charge in [0.25, 0.3) is 5.91 Å². The minimum atomic E-state index is 0.0719. The molecule has 1 fully saturated rings. The van der Waals surface area contributed by atoms with Gasteiger partial charge in [-0.2, -0.15) is 0 Å². The maximum atomic E-state index is 12.5. The minimum Gasteiger partial charge on any atom is -0.377 e. The summed E-state index contributed by atoms with van der Waals surface area (Å²) in [7, 11) is 0. The second-order valence-electron chi connectivity index (χ2n) is 5.19. The van der Waals surface area contributed by atoms with Crippen molar-refractivity contribution in [2.24, 2.45) is 0 Å². The lowest BCUT2D eigenvalue weighted by atomic mass is 10.1. The van der Waals surface area contributed by atoms with E-state index < -0.39 is 0 Å². The number of hydrogen-bond donors (Lipinski definition) is 0. The number of hydrogen-bond acceptors (Lipinski definition) is 5. The summed E-state index contributed by atoms with van der Waals surface area (Å²) < 4.78 is 9.63. The van der Waals surface area contributed by atoms with Gasteiger partial charge in [0.2, 0.25) is 0 Å². The van der Waals surface area contributed by atoms with Crippen molar-refractivity contribution < 1.29 is 9.53 Å². The lowest BCUT2D eigenvalue weighted by Crippen LogP contribution is -2.41. The number of likely N-dealkylation sites (tertiary alicyclic amines) is 1. The molecule has 1 amide bonds. The zero-order valence-corrected chi connectivity index (χ0v) is 14.2. The van der Waals surface area contributed by atoms with Crippen LogP contribution in [0.15, 0.2) is 0 Å². The summed E-state index contributed by atoms with van der Waals surface area (Å²) in [5.41, 5.74) is 0.817. The molecule has 2 heterocycles. The van der Waals surface area contributed by atoms with Crippen molar-refractivity contribution in [1.82, 2.24) is 14.5 Å². The minimum absolute atomic E-state index is 0.0719. The van der Waals surface area contributed by atoms with Gasteiger partial charge in [-0.05, 0) is 30.3 Å². The molecule has 0 aliphatic carbocycles. The van der Waals surface area contributed by atoms with Crippen LogP contribution >= 0.6 is 27.5 Å². The van der Waals surface area contributed by atoms with Gasteiger partial charge < -0.3 is 9.64 Å². The average molecular weight is 362 g/mol. The van der Waals surface area contributed by atoms with E-state index in [1.165, 1.54) is 11.5 Å². The molecule has 20 heavy (non-hydrogen) atoms. The smallest absolute Gasteiger partial charge is 0.267 e. The quantitative estimate of drug-likeness (QED) is 0.756. The van der Waals surface area contributed by atoms with E-state index in [2.05, 4.69) is 25.5 Å². The number of ether oxygens (including phenoxy) is 1. The Morgan fingerprint density at radius 3 is 2.80 bits per heavy atom. The molecule has 0 aromatic carbocycles. The summed E-state index contributed by atoms with van der Waals surface area (Å²) in [4.78, 5) is 15.1. The zero-order valence-electron chi connectivity index (χ0n) is 11.8. The monoisotopic (exact) mass is 361 g/mol. The largest absolute Gasteiger partial charge is 0.377 e. The Hall–Kier alpha value is -0.530. The second kappa shape index (κ2) is 7.47. The lowest BCUT2D eigenvalue weighted by Gasteiger charge is -2.31. The average Bonchev–Trinajstić information content (AvgIpc) is 2.94. The van der Waals surface area contributed by atoms with Crippen molar-refractivity contribution in [3.05, 3.63) is 10.6 Å². The van der Waals surface area contributed by atoms with Gasteiger partial charge in [-0.1, -0.05) is 34.3 Å². The van der Waals surface area contributed by atoms with Crippen LogP contribution in [0, 0.1) is 0 Å². The van der Waals surface area contributed by atoms with Crippen LogP contribution in [0.2, 0.25) is 0 Å². The molecule has 0 atom stereocenters. The van der Waals surface area contributed by atoms with Gasteiger partial charge in [-0.25, -0.2) is 0 Å². The topological polar surface area (TPSA) is 55.3 Å². The third-order valence-corrected chi connectivity index (χ3v) is 4.47. The molecular weight excluding hydrogens is 342 g/mol. The Morgan fingerprint density at radius 2 is 2.20 bits per heavy atom. The Kier molecular flexibility index (Phi) is 5.92. The summed E-state index contributed by atoms with van der Waals surface area (Å²) in [6.45, 7) is 6.30. The molecule has 0 unspecified atom stereocenters. The van der Waals surface area contributed by atoms with Crippen LogP contribution in [0.25, 0.3) is 0 Å². The van der Waals surface area contributed by atoms with Crippen molar-refractivity contribution in [3.8, 4) is 0 Å². The van der Waals surface area contributed by atoms with E-state index in [0.717, 1.165) is 43.6 Å². The fraction of sp³-hybridized carbons (Fsp3) is 0.769. The molecule has 0 spiro atoms. The number of rotatable bonds is 5. The molecule has 1 aliphatic rings. The number of aromatic nitrogens is 2. The summed E-state index contributed by atoms with van der Waals surface area (Å²) in [5, 5.41) is 4.94. The molecule has 2 rings (SSSR count). The van der Waals surface area contributed by atoms with Gasteiger partial charge in [0.05, 0.1) is 18.4 Å². The summed E-state index contributed by atoms with van der Waals surface area (Å²) in [5.74, 6) is 0.301. The predicted molar refractivity (Wildman–Crippen MR) is 82.7 cm³/mol. The van der Waals surface area contributed by atoms with Crippen LogP contribution in [0.1, 0.15) is 48.0 Å². The maximum absolute atomic E-state index is 12.5. The third kappa shape index (κ3) is 3.77. The second-order valence-corrected chi connectivity index (χ2v) is 6.74. The van der Waals surface area contributed by atoms with E-state index in [9.17, 15) is 4.79 Å². The lowest BCUT2D eigenvalue weighted by molar-refractivity contribution is 0.0161. The van der Waals surface area contributed by atoms with Crippen LogP contribution in [0.5, 0.6) is 0 Å².